The summed E-state index contributed by atoms with van der Waals surface area (Å²) >= 11 is 7.71. The Hall–Kier alpha value is -2.64. The van der Waals surface area contributed by atoms with Crippen LogP contribution in [0.2, 0.25) is 5.02 Å². The number of hydrogen-bond acceptors (Lipinski definition) is 5. The fourth-order valence-corrected chi connectivity index (χ4v) is 3.45. The third-order valence-electron chi connectivity index (χ3n) is 4.20. The first-order valence-corrected chi connectivity index (χ1v) is 11.2. The van der Waals surface area contributed by atoms with Crippen molar-refractivity contribution in [3.05, 3.63) is 65.3 Å². The Morgan fingerprint density at radius 2 is 1.83 bits per heavy atom. The van der Waals surface area contributed by atoms with Gasteiger partial charge in [-0.15, -0.1) is 0 Å². The van der Waals surface area contributed by atoms with E-state index in [0.717, 1.165) is 22.4 Å². The van der Waals surface area contributed by atoms with Gasteiger partial charge in [0.1, 0.15) is 11.9 Å². The van der Waals surface area contributed by atoms with Gasteiger partial charge in [0.2, 0.25) is 0 Å². The minimum absolute atomic E-state index is 0.484. The molecule has 0 radical (unpaired) electrons. The maximum Gasteiger partial charge on any atom is 0.413 e. The molecule has 160 valence electrons. The highest BCUT2D eigenvalue weighted by atomic mass is 35.5. The maximum atomic E-state index is 12.5. The number of halogens is 1. The average molecular weight is 447 g/mol. The van der Waals surface area contributed by atoms with Gasteiger partial charge in [0.15, 0.2) is 0 Å². The summed E-state index contributed by atoms with van der Waals surface area (Å²) in [5, 5.41) is 7.61. The molecule has 2 N–H and O–H groups in total. The van der Waals surface area contributed by atoms with Crippen molar-refractivity contribution >= 4 is 41.1 Å². The van der Waals surface area contributed by atoms with Gasteiger partial charge in [0, 0.05) is 35.1 Å². The lowest BCUT2D eigenvalue weighted by Crippen LogP contribution is -2.18. The second kappa shape index (κ2) is 11.5. The molecule has 1 unspecified atom stereocenters. The van der Waals surface area contributed by atoms with E-state index < -0.39 is 12.2 Å². The van der Waals surface area contributed by atoms with Crippen LogP contribution in [-0.4, -0.2) is 22.1 Å². The molecule has 0 saturated carbocycles. The van der Waals surface area contributed by atoms with Crippen LogP contribution in [0.25, 0.3) is 11.1 Å². The Labute approximate surface area is 187 Å². The van der Waals surface area contributed by atoms with Crippen molar-refractivity contribution in [2.75, 3.05) is 16.3 Å². The lowest BCUT2D eigenvalue weighted by Gasteiger charge is -2.16. The van der Waals surface area contributed by atoms with Crippen molar-refractivity contribution in [1.82, 2.24) is 9.78 Å². The second-order valence-corrected chi connectivity index (χ2v) is 7.13. The van der Waals surface area contributed by atoms with Crippen molar-refractivity contribution in [2.45, 2.75) is 26.9 Å². The summed E-state index contributed by atoms with van der Waals surface area (Å²) in [6.45, 7) is 5.78. The molecule has 3 aromatic rings. The predicted octanol–water partition coefficient (Wildman–Crippen LogP) is 6.77. The summed E-state index contributed by atoms with van der Waals surface area (Å²) in [5.74, 6) is 0.557. The van der Waals surface area contributed by atoms with Gasteiger partial charge in [0.25, 0.3) is 0 Å². The van der Waals surface area contributed by atoms with Gasteiger partial charge in [-0.25, -0.2) is 4.79 Å². The third-order valence-corrected chi connectivity index (χ3v) is 4.99. The van der Waals surface area contributed by atoms with Crippen molar-refractivity contribution in [1.29, 1.82) is 0 Å². The quantitative estimate of drug-likeness (QED) is 0.409. The fourth-order valence-electron chi connectivity index (χ4n) is 2.79. The minimum atomic E-state index is -0.571. The van der Waals surface area contributed by atoms with Gasteiger partial charge >= 0.3 is 6.09 Å². The topological polar surface area (TPSA) is 68.2 Å². The standard InChI is InChI=1S/C20H21ClN4O2S.C2H6/c1-13(16-6-4-5-7-18(16)21)27-20(26)23-19-17(12-22-25(19)2)14-8-10-15(11-9-14)24-28-3;1-2/h4-13,24H,1-3H3,(H,23,26);1-2H3. The van der Waals surface area contributed by atoms with E-state index in [1.807, 2.05) is 62.6 Å². The van der Waals surface area contributed by atoms with E-state index in [1.54, 1.807) is 30.9 Å². The molecule has 0 aliphatic heterocycles. The van der Waals surface area contributed by atoms with E-state index in [2.05, 4.69) is 15.1 Å². The highest BCUT2D eigenvalue weighted by molar-refractivity contribution is 7.99. The number of nitrogens with zero attached hydrogens (tertiary/aromatic N) is 2. The summed E-state index contributed by atoms with van der Waals surface area (Å²) in [4.78, 5) is 12.5. The van der Waals surface area contributed by atoms with Gasteiger partial charge in [-0.3, -0.25) is 10.00 Å². The van der Waals surface area contributed by atoms with Gasteiger partial charge in [-0.05, 0) is 30.7 Å². The van der Waals surface area contributed by atoms with Crippen LogP contribution in [0.5, 0.6) is 0 Å². The molecule has 0 aliphatic carbocycles. The van der Waals surface area contributed by atoms with Gasteiger partial charge in [0.05, 0.1) is 6.20 Å². The van der Waals surface area contributed by atoms with Crippen LogP contribution in [0.3, 0.4) is 0 Å². The van der Waals surface area contributed by atoms with Crippen LogP contribution in [0.1, 0.15) is 32.4 Å². The molecule has 2 aromatic carbocycles. The van der Waals surface area contributed by atoms with Crippen molar-refractivity contribution < 1.29 is 9.53 Å². The van der Waals surface area contributed by atoms with Crippen molar-refractivity contribution in [3.63, 3.8) is 0 Å². The van der Waals surface area contributed by atoms with E-state index in [4.69, 9.17) is 16.3 Å². The van der Waals surface area contributed by atoms with Gasteiger partial charge in [-0.2, -0.15) is 5.10 Å². The smallest absolute Gasteiger partial charge is 0.413 e. The molecule has 0 aliphatic rings. The number of aromatic nitrogens is 2. The molecule has 1 aromatic heterocycles. The third kappa shape index (κ3) is 5.93. The number of amides is 1. The zero-order valence-electron chi connectivity index (χ0n) is 17.8. The Balaban J connectivity index is 0.00000155. The molecule has 0 saturated heterocycles. The fraction of sp³-hybridized carbons (Fsp3) is 0.273. The van der Waals surface area contributed by atoms with E-state index in [0.29, 0.717) is 10.8 Å². The van der Waals surface area contributed by atoms with Crippen LogP contribution in [0.4, 0.5) is 16.3 Å². The lowest BCUT2D eigenvalue weighted by molar-refractivity contribution is 0.121. The van der Waals surface area contributed by atoms with Crippen LogP contribution in [-0.2, 0) is 11.8 Å². The maximum absolute atomic E-state index is 12.5. The average Bonchev–Trinajstić information content (AvgIpc) is 3.10. The molecule has 1 atom stereocenters. The Morgan fingerprint density at radius 3 is 2.47 bits per heavy atom. The molecule has 8 heteroatoms. The van der Waals surface area contributed by atoms with E-state index in [1.165, 1.54) is 11.9 Å². The molecule has 1 amide bonds. The number of benzene rings is 2. The summed E-state index contributed by atoms with van der Waals surface area (Å²) in [6.07, 6.45) is 2.62. The van der Waals surface area contributed by atoms with Gasteiger partial charge < -0.3 is 9.46 Å². The summed E-state index contributed by atoms with van der Waals surface area (Å²) < 4.78 is 10.3. The van der Waals surface area contributed by atoms with Crippen LogP contribution >= 0.6 is 23.5 Å². The molecule has 6 nitrogen and oxygen atoms in total. The van der Waals surface area contributed by atoms with Gasteiger partial charge in [-0.1, -0.05) is 67.7 Å². The number of ether oxygens (including phenoxy) is 1. The Bertz CT molecular complexity index is 960. The van der Waals surface area contributed by atoms with E-state index in [9.17, 15) is 4.79 Å². The number of hydrogen-bond donors (Lipinski definition) is 2. The zero-order valence-corrected chi connectivity index (χ0v) is 19.3. The number of anilines is 2. The SMILES string of the molecule is CC.CSNc1ccc(-c2cnn(C)c2NC(=O)OC(C)c2ccccc2Cl)cc1. The molecule has 0 bridgehead atoms. The zero-order chi connectivity index (χ0) is 22.1. The molecular formula is C22H27ClN4O2S. The molecule has 1 heterocycles. The lowest BCUT2D eigenvalue weighted by atomic mass is 10.1. The molecule has 0 fully saturated rings. The number of nitrogens with one attached hydrogen (secondary N) is 2. The Kier molecular flexibility index (Phi) is 9.08. The molecular weight excluding hydrogens is 420 g/mol. The highest BCUT2D eigenvalue weighted by Gasteiger charge is 2.18. The monoisotopic (exact) mass is 446 g/mol. The minimum Gasteiger partial charge on any atom is -0.441 e. The van der Waals surface area contributed by atoms with Crippen LogP contribution < -0.4 is 10.0 Å². The normalized spacial score (nSPS) is 11.1. The predicted molar refractivity (Wildman–Crippen MR) is 127 cm³/mol. The van der Waals surface area contributed by atoms with Crippen LogP contribution in [0, 0.1) is 0 Å². The number of rotatable bonds is 6. The molecule has 0 spiro atoms. The summed E-state index contributed by atoms with van der Waals surface area (Å²) in [6, 6.07) is 15.2. The van der Waals surface area contributed by atoms with Crippen molar-refractivity contribution in [3.8, 4) is 11.1 Å². The molecule has 30 heavy (non-hydrogen) atoms. The molecule has 3 rings (SSSR count). The largest absolute Gasteiger partial charge is 0.441 e. The summed E-state index contributed by atoms with van der Waals surface area (Å²) in [7, 11) is 1.76. The number of carbonyl (C=O) groups is 1. The number of carbonyl (C=O) groups excluding carboxylic acids is 1. The Morgan fingerprint density at radius 1 is 1.17 bits per heavy atom. The van der Waals surface area contributed by atoms with Crippen molar-refractivity contribution in [2.24, 2.45) is 7.05 Å². The first-order valence-electron chi connectivity index (χ1n) is 9.63. The highest BCUT2D eigenvalue weighted by Crippen LogP contribution is 2.30. The first-order chi connectivity index (χ1) is 14.5. The first kappa shape index (κ1) is 23.6. The second-order valence-electron chi connectivity index (χ2n) is 6.11. The van der Waals surface area contributed by atoms with E-state index >= 15 is 0 Å². The summed E-state index contributed by atoms with van der Waals surface area (Å²) in [5.41, 5.74) is 3.50. The van der Waals surface area contributed by atoms with Crippen LogP contribution in [0.15, 0.2) is 54.7 Å². The number of aryl methyl sites for hydroxylation is 1. The van der Waals surface area contributed by atoms with E-state index in [-0.39, 0.29) is 0 Å².